The van der Waals surface area contributed by atoms with E-state index in [2.05, 4.69) is 0 Å². The van der Waals surface area contributed by atoms with E-state index in [1.165, 1.54) is 7.11 Å². The molecule has 4 aromatic rings. The van der Waals surface area contributed by atoms with Crippen LogP contribution in [0.4, 0.5) is 5.69 Å². The van der Waals surface area contributed by atoms with Crippen molar-refractivity contribution in [1.82, 2.24) is 0 Å². The van der Waals surface area contributed by atoms with Crippen molar-refractivity contribution in [2.45, 2.75) is 0 Å². The van der Waals surface area contributed by atoms with Gasteiger partial charge in [0.05, 0.1) is 25.3 Å². The second-order valence-corrected chi connectivity index (χ2v) is 6.32. The Morgan fingerprint density at radius 2 is 1.57 bits per heavy atom. The summed E-state index contributed by atoms with van der Waals surface area (Å²) >= 11 is 0. The predicted molar refractivity (Wildman–Crippen MR) is 109 cm³/mol. The molecule has 3 aromatic carbocycles. The molecular weight excluding hydrogens is 354 g/mol. The van der Waals surface area contributed by atoms with Crippen LogP contribution in [0.3, 0.4) is 0 Å². The number of anilines is 1. The van der Waals surface area contributed by atoms with Crippen LogP contribution in [-0.2, 0) is 0 Å². The van der Waals surface area contributed by atoms with Crippen LogP contribution in [0.1, 0.15) is 16.1 Å². The molecule has 28 heavy (non-hydrogen) atoms. The van der Waals surface area contributed by atoms with Gasteiger partial charge in [0, 0.05) is 17.7 Å². The average molecular weight is 373 g/mol. The van der Waals surface area contributed by atoms with Gasteiger partial charge in [-0.2, -0.15) is 0 Å². The highest BCUT2D eigenvalue weighted by atomic mass is 16.5. The number of ether oxygens (including phenoxy) is 2. The van der Waals surface area contributed by atoms with Gasteiger partial charge in [-0.3, -0.25) is 4.79 Å². The van der Waals surface area contributed by atoms with Crippen molar-refractivity contribution in [2.75, 3.05) is 20.0 Å². The number of carbonyl (C=O) groups excluding carboxylic acids is 1. The second kappa shape index (κ2) is 7.12. The molecule has 0 saturated carbocycles. The molecule has 0 atom stereocenters. The Bertz CT molecular complexity index is 1140. The highest BCUT2D eigenvalue weighted by Crippen LogP contribution is 2.39. The normalized spacial score (nSPS) is 10.8. The summed E-state index contributed by atoms with van der Waals surface area (Å²) in [5.41, 5.74) is 9.54. The summed E-state index contributed by atoms with van der Waals surface area (Å²) in [5.74, 6) is 0.863. The molecule has 0 unspecified atom stereocenters. The van der Waals surface area contributed by atoms with Gasteiger partial charge in [0.25, 0.3) is 0 Å². The van der Waals surface area contributed by atoms with Crippen molar-refractivity contribution >= 4 is 22.4 Å². The molecule has 0 amide bonds. The Morgan fingerprint density at radius 1 is 0.893 bits per heavy atom. The van der Waals surface area contributed by atoms with Crippen molar-refractivity contribution in [3.63, 3.8) is 0 Å². The van der Waals surface area contributed by atoms with E-state index in [0.29, 0.717) is 28.0 Å². The smallest absolute Gasteiger partial charge is 0.230 e. The van der Waals surface area contributed by atoms with Crippen LogP contribution in [-0.4, -0.2) is 20.0 Å². The summed E-state index contributed by atoms with van der Waals surface area (Å²) in [5, 5.41) is 0.563. The van der Waals surface area contributed by atoms with Crippen LogP contribution in [0.5, 0.6) is 11.5 Å². The Kier molecular flexibility index (Phi) is 4.49. The average Bonchev–Trinajstić information content (AvgIpc) is 3.09. The first-order valence-electron chi connectivity index (χ1n) is 8.76. The molecule has 0 aliphatic carbocycles. The maximum atomic E-state index is 13.0. The third-order valence-electron chi connectivity index (χ3n) is 4.68. The Hall–Kier alpha value is -3.73. The van der Waals surface area contributed by atoms with E-state index in [1.807, 2.05) is 42.5 Å². The minimum Gasteiger partial charge on any atom is -0.496 e. The third-order valence-corrected chi connectivity index (χ3v) is 4.68. The molecule has 5 nitrogen and oxygen atoms in total. The second-order valence-electron chi connectivity index (χ2n) is 6.32. The molecule has 4 rings (SSSR count). The number of fused-ring (bicyclic) bond motifs is 1. The van der Waals surface area contributed by atoms with Crippen LogP contribution in [0.25, 0.3) is 22.1 Å². The molecule has 0 aliphatic rings. The zero-order valence-corrected chi connectivity index (χ0v) is 15.6. The summed E-state index contributed by atoms with van der Waals surface area (Å²) in [6, 6.07) is 20.7. The number of carbonyl (C=O) groups is 1. The number of hydrogen-bond acceptors (Lipinski definition) is 5. The van der Waals surface area contributed by atoms with Crippen LogP contribution < -0.4 is 15.2 Å². The topological polar surface area (TPSA) is 74.7 Å². The van der Waals surface area contributed by atoms with Crippen LogP contribution in [0, 0.1) is 0 Å². The number of furan rings is 1. The van der Waals surface area contributed by atoms with E-state index in [9.17, 15) is 4.79 Å². The summed E-state index contributed by atoms with van der Waals surface area (Å²) in [6.45, 7) is 0. The zero-order valence-electron chi connectivity index (χ0n) is 15.6. The van der Waals surface area contributed by atoms with E-state index in [-0.39, 0.29) is 17.2 Å². The maximum Gasteiger partial charge on any atom is 0.230 e. The van der Waals surface area contributed by atoms with Gasteiger partial charge in [0.15, 0.2) is 5.76 Å². The van der Waals surface area contributed by atoms with Gasteiger partial charge < -0.3 is 19.6 Å². The molecule has 0 bridgehead atoms. The first kappa shape index (κ1) is 17.7. The summed E-state index contributed by atoms with van der Waals surface area (Å²) in [4.78, 5) is 13.0. The molecule has 2 N–H and O–H groups in total. The molecule has 140 valence electrons. The number of nitrogen functional groups attached to an aromatic ring is 1. The maximum absolute atomic E-state index is 13.0. The summed E-state index contributed by atoms with van der Waals surface area (Å²) < 4.78 is 16.4. The molecule has 0 aliphatic heterocycles. The van der Waals surface area contributed by atoms with E-state index < -0.39 is 0 Å². The van der Waals surface area contributed by atoms with Crippen molar-refractivity contribution in [2.24, 2.45) is 0 Å². The minimum atomic E-state index is -0.283. The first-order chi connectivity index (χ1) is 13.6. The predicted octanol–water partition coefficient (Wildman–Crippen LogP) is 4.93. The van der Waals surface area contributed by atoms with Gasteiger partial charge in [0.1, 0.15) is 17.1 Å². The third kappa shape index (κ3) is 2.97. The van der Waals surface area contributed by atoms with E-state index in [4.69, 9.17) is 19.6 Å². The van der Waals surface area contributed by atoms with Crippen molar-refractivity contribution in [1.29, 1.82) is 0 Å². The largest absolute Gasteiger partial charge is 0.496 e. The quantitative estimate of drug-likeness (QED) is 0.502. The molecule has 5 heteroatoms. The Balaban J connectivity index is 1.74. The van der Waals surface area contributed by atoms with Crippen LogP contribution in [0.15, 0.2) is 71.1 Å². The fraction of sp³-hybridized carbons (Fsp3) is 0.0870. The van der Waals surface area contributed by atoms with Crippen LogP contribution in [0.2, 0.25) is 0 Å². The number of rotatable bonds is 5. The molecule has 0 spiro atoms. The molecular formula is C23H19NO4. The molecule has 0 saturated heterocycles. The van der Waals surface area contributed by atoms with E-state index in [1.54, 1.807) is 31.4 Å². The van der Waals surface area contributed by atoms with Gasteiger partial charge in [-0.25, -0.2) is 0 Å². The standard InChI is InChI=1S/C23H19NO4/c1-26-17-12-18(27-2)20-19(13-17)28-23(21(20)24)22(25)16-10-8-15(9-11-16)14-6-4-3-5-7-14/h3-13H,24H2,1-2H3. The number of ketones is 1. The molecule has 0 radical (unpaired) electrons. The lowest BCUT2D eigenvalue weighted by atomic mass is 10.0. The fourth-order valence-corrected chi connectivity index (χ4v) is 3.21. The van der Waals surface area contributed by atoms with Crippen molar-refractivity contribution < 1.29 is 18.7 Å². The highest BCUT2D eigenvalue weighted by molar-refractivity contribution is 6.15. The Morgan fingerprint density at radius 3 is 2.21 bits per heavy atom. The Labute approximate surface area is 162 Å². The van der Waals surface area contributed by atoms with Crippen LogP contribution >= 0.6 is 0 Å². The van der Waals surface area contributed by atoms with E-state index in [0.717, 1.165) is 11.1 Å². The van der Waals surface area contributed by atoms with Gasteiger partial charge in [-0.15, -0.1) is 0 Å². The van der Waals surface area contributed by atoms with Gasteiger partial charge >= 0.3 is 0 Å². The monoisotopic (exact) mass is 373 g/mol. The van der Waals surface area contributed by atoms with Crippen molar-refractivity contribution in [3.05, 3.63) is 78.1 Å². The number of benzene rings is 3. The summed E-state index contributed by atoms with van der Waals surface area (Å²) in [7, 11) is 3.08. The van der Waals surface area contributed by atoms with Gasteiger partial charge in [-0.1, -0.05) is 54.6 Å². The molecule has 0 fully saturated rings. The number of methoxy groups -OCH3 is 2. The van der Waals surface area contributed by atoms with Gasteiger partial charge in [-0.05, 0) is 11.1 Å². The minimum absolute atomic E-state index is 0.0917. The summed E-state index contributed by atoms with van der Waals surface area (Å²) in [6.07, 6.45) is 0. The highest BCUT2D eigenvalue weighted by Gasteiger charge is 2.23. The lowest BCUT2D eigenvalue weighted by molar-refractivity contribution is 0.101. The lowest BCUT2D eigenvalue weighted by Gasteiger charge is -2.05. The number of nitrogens with two attached hydrogens (primary N) is 1. The SMILES string of the molecule is COc1cc(OC)c2c(N)c(C(=O)c3ccc(-c4ccccc4)cc3)oc2c1. The molecule has 1 aromatic heterocycles. The zero-order chi connectivity index (χ0) is 19.7. The van der Waals surface area contributed by atoms with E-state index >= 15 is 0 Å². The number of hydrogen-bond donors (Lipinski definition) is 1. The van der Waals surface area contributed by atoms with Crippen molar-refractivity contribution in [3.8, 4) is 22.6 Å². The fourth-order valence-electron chi connectivity index (χ4n) is 3.21. The molecule has 1 heterocycles. The van der Waals surface area contributed by atoms with Gasteiger partial charge in [0.2, 0.25) is 5.78 Å². The lowest BCUT2D eigenvalue weighted by Crippen LogP contribution is -2.03. The first-order valence-corrected chi connectivity index (χ1v) is 8.76.